The lowest BCUT2D eigenvalue weighted by atomic mass is 10.1. The zero-order valence-electron chi connectivity index (χ0n) is 18.9. The van der Waals surface area contributed by atoms with Crippen LogP contribution in [-0.4, -0.2) is 61.0 Å². The number of rotatable bonds is 3. The number of hydrogen-bond acceptors (Lipinski definition) is 6. The number of carbonyl (C=O) groups excluding carboxylic acids is 2. The molecule has 7 nitrogen and oxygen atoms in total. The molecule has 1 fully saturated rings. The molecule has 0 aromatic heterocycles. The summed E-state index contributed by atoms with van der Waals surface area (Å²) in [5.41, 5.74) is 2.36. The van der Waals surface area contributed by atoms with Gasteiger partial charge in [-0.15, -0.1) is 0 Å². The molecule has 1 N–H and O–H groups in total. The number of nitrogens with one attached hydrogen (secondary N) is 1. The fourth-order valence-corrected chi connectivity index (χ4v) is 3.20. The van der Waals surface area contributed by atoms with Crippen LogP contribution in [0.4, 0.5) is 16.2 Å². The zero-order valence-corrected chi connectivity index (χ0v) is 20.5. The maximum absolute atomic E-state index is 11.6. The minimum Gasteiger partial charge on any atom is -0.444 e. The predicted molar refractivity (Wildman–Crippen MR) is 129 cm³/mol. The van der Waals surface area contributed by atoms with E-state index in [1.807, 2.05) is 32.9 Å². The van der Waals surface area contributed by atoms with E-state index in [1.54, 1.807) is 35.2 Å². The highest BCUT2D eigenvalue weighted by atomic mass is 79.9. The normalized spacial score (nSPS) is 13.9. The van der Waals surface area contributed by atoms with Crippen molar-refractivity contribution in [2.24, 2.45) is 0 Å². The third-order valence-electron chi connectivity index (χ3n) is 4.58. The molecule has 32 heavy (non-hydrogen) atoms. The molecule has 1 saturated heterocycles. The number of nitrogens with zero attached hydrogens (tertiary/aromatic N) is 3. The molecule has 0 atom stereocenters. The first-order valence-electron chi connectivity index (χ1n) is 10.3. The summed E-state index contributed by atoms with van der Waals surface area (Å²) in [5.74, 6) is 0. The lowest BCUT2D eigenvalue weighted by Gasteiger charge is -2.33. The number of hydrogen-bond donors (Lipinski definition) is 1. The Morgan fingerprint density at radius 3 is 2.28 bits per heavy atom. The minimum atomic E-state index is -0.388. The highest BCUT2D eigenvalue weighted by Gasteiger charge is 2.24. The molecule has 0 saturated carbocycles. The van der Waals surface area contributed by atoms with Gasteiger partial charge in [0, 0.05) is 41.9 Å². The van der Waals surface area contributed by atoms with Gasteiger partial charge in [-0.1, -0.05) is 15.9 Å². The first kappa shape index (κ1) is 25.4. The van der Waals surface area contributed by atoms with E-state index < -0.39 is 0 Å². The molecule has 1 amide bonds. The van der Waals surface area contributed by atoms with E-state index in [0.29, 0.717) is 11.1 Å². The van der Waals surface area contributed by atoms with E-state index in [4.69, 9.17) is 10.00 Å². The molecule has 0 spiro atoms. The van der Waals surface area contributed by atoms with Crippen LogP contribution in [0.15, 0.2) is 46.9 Å². The third-order valence-corrected chi connectivity index (χ3v) is 5.08. The highest BCUT2D eigenvalue weighted by Crippen LogP contribution is 2.24. The topological polar surface area (TPSA) is 85.7 Å². The SMILES string of the molecule is CN1CCN(C(=O)OC(C)(C)C)CC1.N#Cc1cc(Br)ccc1Nc1ccc(C=O)cc1. The molecule has 3 rings (SSSR count). The Labute approximate surface area is 198 Å². The van der Waals surface area contributed by atoms with Gasteiger partial charge in [-0.05, 0) is 70.3 Å². The van der Waals surface area contributed by atoms with E-state index in [-0.39, 0.29) is 11.7 Å². The molecule has 0 unspecified atom stereocenters. The molecular weight excluding hydrogens is 472 g/mol. The molecule has 0 aliphatic carbocycles. The maximum Gasteiger partial charge on any atom is 0.410 e. The van der Waals surface area contributed by atoms with Crippen molar-refractivity contribution >= 4 is 39.7 Å². The number of anilines is 2. The number of nitriles is 1. The number of aldehydes is 1. The van der Waals surface area contributed by atoms with E-state index in [0.717, 1.165) is 48.3 Å². The molecule has 8 heteroatoms. The summed E-state index contributed by atoms with van der Waals surface area (Å²) in [7, 11) is 2.06. The summed E-state index contributed by atoms with van der Waals surface area (Å²) in [6.07, 6.45) is 0.606. The van der Waals surface area contributed by atoms with Gasteiger partial charge in [0.05, 0.1) is 11.3 Å². The molecular formula is C24H29BrN4O3. The number of amides is 1. The van der Waals surface area contributed by atoms with Crippen molar-refractivity contribution in [2.75, 3.05) is 38.5 Å². The van der Waals surface area contributed by atoms with Gasteiger partial charge in [0.25, 0.3) is 0 Å². The van der Waals surface area contributed by atoms with E-state index in [2.05, 4.69) is 39.3 Å². The van der Waals surface area contributed by atoms with Gasteiger partial charge < -0.3 is 19.9 Å². The Kier molecular flexibility index (Phi) is 9.24. The van der Waals surface area contributed by atoms with Crippen molar-refractivity contribution in [2.45, 2.75) is 26.4 Å². The summed E-state index contributed by atoms with van der Waals surface area (Å²) < 4.78 is 6.14. The van der Waals surface area contributed by atoms with Crippen LogP contribution in [-0.2, 0) is 4.74 Å². The fourth-order valence-electron chi connectivity index (χ4n) is 2.83. The number of ether oxygens (including phenoxy) is 1. The Morgan fingerprint density at radius 2 is 1.75 bits per heavy atom. The van der Waals surface area contributed by atoms with E-state index in [9.17, 15) is 9.59 Å². The summed E-state index contributed by atoms with van der Waals surface area (Å²) in [5, 5.41) is 12.2. The molecule has 2 aromatic carbocycles. The van der Waals surface area contributed by atoms with Crippen molar-refractivity contribution < 1.29 is 14.3 Å². The van der Waals surface area contributed by atoms with Crippen LogP contribution in [0, 0.1) is 11.3 Å². The molecule has 1 aliphatic heterocycles. The van der Waals surface area contributed by atoms with Crippen molar-refractivity contribution in [3.8, 4) is 6.07 Å². The Morgan fingerprint density at radius 1 is 1.12 bits per heavy atom. The quantitative estimate of drug-likeness (QED) is 0.593. The van der Waals surface area contributed by atoms with Crippen LogP contribution in [0.1, 0.15) is 36.7 Å². The van der Waals surface area contributed by atoms with Gasteiger partial charge in [0.15, 0.2) is 0 Å². The summed E-state index contributed by atoms with van der Waals surface area (Å²) in [6.45, 7) is 9.07. The third kappa shape index (κ3) is 8.33. The van der Waals surface area contributed by atoms with Crippen LogP contribution in [0.2, 0.25) is 0 Å². The van der Waals surface area contributed by atoms with Gasteiger partial charge in [0.2, 0.25) is 0 Å². The number of halogens is 1. The Hall–Kier alpha value is -2.89. The summed E-state index contributed by atoms with van der Waals surface area (Å²) in [6, 6.07) is 14.6. The van der Waals surface area contributed by atoms with Crippen molar-refractivity contribution in [3.05, 3.63) is 58.1 Å². The predicted octanol–water partition coefficient (Wildman–Crippen LogP) is 5.05. The number of likely N-dealkylation sites (N-methyl/N-ethyl adjacent to an activating group) is 1. The lowest BCUT2D eigenvalue weighted by molar-refractivity contribution is 0.0164. The van der Waals surface area contributed by atoms with Crippen LogP contribution in [0.3, 0.4) is 0 Å². The molecule has 170 valence electrons. The molecule has 1 aliphatic rings. The first-order valence-corrected chi connectivity index (χ1v) is 11.1. The van der Waals surface area contributed by atoms with Gasteiger partial charge >= 0.3 is 6.09 Å². The molecule has 2 aromatic rings. The van der Waals surface area contributed by atoms with Gasteiger partial charge in [-0.2, -0.15) is 5.26 Å². The Balaban J connectivity index is 0.000000235. The van der Waals surface area contributed by atoms with Crippen molar-refractivity contribution in [1.29, 1.82) is 5.26 Å². The average molecular weight is 501 g/mol. The average Bonchev–Trinajstić information content (AvgIpc) is 2.75. The van der Waals surface area contributed by atoms with Crippen molar-refractivity contribution in [3.63, 3.8) is 0 Å². The first-order chi connectivity index (χ1) is 15.1. The summed E-state index contributed by atoms with van der Waals surface area (Å²) in [4.78, 5) is 26.1. The second-order valence-electron chi connectivity index (χ2n) is 8.44. The largest absolute Gasteiger partial charge is 0.444 e. The zero-order chi connectivity index (χ0) is 23.7. The number of carbonyl (C=O) groups is 2. The van der Waals surface area contributed by atoms with Crippen LogP contribution in [0.5, 0.6) is 0 Å². The van der Waals surface area contributed by atoms with Crippen LogP contribution < -0.4 is 5.32 Å². The standard InChI is InChI=1S/C14H9BrN2O.C10H20N2O2/c15-12-3-6-14(11(7-12)8-16)17-13-4-1-10(9-18)2-5-13;1-10(2,3)14-9(13)12-7-5-11(4)6-8-12/h1-7,9,17H;5-8H2,1-4H3. The maximum atomic E-state index is 11.6. The Bertz CT molecular complexity index is 957. The van der Waals surface area contributed by atoms with Crippen LogP contribution >= 0.6 is 15.9 Å². The number of piperazine rings is 1. The highest BCUT2D eigenvalue weighted by molar-refractivity contribution is 9.10. The number of benzene rings is 2. The van der Waals surface area contributed by atoms with E-state index in [1.165, 1.54) is 0 Å². The van der Waals surface area contributed by atoms with E-state index >= 15 is 0 Å². The molecule has 1 heterocycles. The molecule has 0 radical (unpaired) electrons. The monoisotopic (exact) mass is 500 g/mol. The smallest absolute Gasteiger partial charge is 0.410 e. The van der Waals surface area contributed by atoms with Crippen LogP contribution in [0.25, 0.3) is 0 Å². The van der Waals surface area contributed by atoms with Crippen molar-refractivity contribution in [1.82, 2.24) is 9.80 Å². The second kappa shape index (κ2) is 11.7. The lowest BCUT2D eigenvalue weighted by Crippen LogP contribution is -2.48. The van der Waals surface area contributed by atoms with Gasteiger partial charge in [-0.25, -0.2) is 4.79 Å². The van der Waals surface area contributed by atoms with Gasteiger partial charge in [-0.3, -0.25) is 4.79 Å². The van der Waals surface area contributed by atoms with Gasteiger partial charge in [0.1, 0.15) is 18.0 Å². The minimum absolute atomic E-state index is 0.189. The summed E-state index contributed by atoms with van der Waals surface area (Å²) >= 11 is 3.32. The molecule has 0 bridgehead atoms. The second-order valence-corrected chi connectivity index (χ2v) is 9.35. The fraction of sp³-hybridized carbons (Fsp3) is 0.375.